The quantitative estimate of drug-likeness (QED) is 0.854. The maximum atomic E-state index is 6.16. The van der Waals surface area contributed by atoms with Gasteiger partial charge in [-0.2, -0.15) is 0 Å². The van der Waals surface area contributed by atoms with E-state index < -0.39 is 0 Å². The zero-order valence-corrected chi connectivity index (χ0v) is 10.4. The first-order valence-electron chi connectivity index (χ1n) is 5.70. The first-order valence-corrected chi connectivity index (χ1v) is 6.08. The molecule has 0 radical (unpaired) electrons. The zero-order valence-electron chi connectivity index (χ0n) is 9.62. The Morgan fingerprint density at radius 2 is 2.06 bits per heavy atom. The van der Waals surface area contributed by atoms with Crippen molar-refractivity contribution in [1.29, 1.82) is 0 Å². The van der Waals surface area contributed by atoms with E-state index in [0.717, 1.165) is 16.7 Å². The fourth-order valence-electron chi connectivity index (χ4n) is 1.99. The van der Waals surface area contributed by atoms with Crippen LogP contribution in [0.15, 0.2) is 54.8 Å². The summed E-state index contributed by atoms with van der Waals surface area (Å²) in [5, 5.41) is 1.68. The van der Waals surface area contributed by atoms with Gasteiger partial charge in [-0.1, -0.05) is 29.8 Å². The smallest absolute Gasteiger partial charge is 0.134 e. The highest BCUT2D eigenvalue weighted by Gasteiger charge is 2.13. The van der Waals surface area contributed by atoms with Crippen LogP contribution in [0.4, 0.5) is 5.82 Å². The Morgan fingerprint density at radius 1 is 1.17 bits per heavy atom. The number of benzene rings is 1. The Hall–Kier alpha value is -1.84. The fraction of sp³-hybridized carbons (Fsp3) is 0.0714. The van der Waals surface area contributed by atoms with Crippen molar-refractivity contribution >= 4 is 28.3 Å². The van der Waals surface area contributed by atoms with Crippen molar-refractivity contribution in [2.75, 3.05) is 4.90 Å². The lowest BCUT2D eigenvalue weighted by atomic mass is 10.2. The zero-order chi connectivity index (χ0) is 12.5. The van der Waals surface area contributed by atoms with Crippen LogP contribution in [0, 0.1) is 0 Å². The molecule has 90 valence electrons. The highest BCUT2D eigenvalue weighted by atomic mass is 35.5. The largest absolute Gasteiger partial charge is 0.314 e. The first kappa shape index (κ1) is 11.3. The summed E-state index contributed by atoms with van der Waals surface area (Å²) < 4.78 is 0. The Kier molecular flexibility index (Phi) is 2.78. The van der Waals surface area contributed by atoms with Gasteiger partial charge in [-0.15, -0.1) is 0 Å². The van der Waals surface area contributed by atoms with Crippen LogP contribution in [0.1, 0.15) is 0 Å². The highest BCUT2D eigenvalue weighted by Crippen LogP contribution is 2.25. The summed E-state index contributed by atoms with van der Waals surface area (Å²) in [6.45, 7) is 0. The van der Waals surface area contributed by atoms with Gasteiger partial charge >= 0.3 is 0 Å². The van der Waals surface area contributed by atoms with Crippen molar-refractivity contribution in [3.8, 4) is 0 Å². The molecule has 18 heavy (non-hydrogen) atoms. The molecule has 1 aliphatic rings. The number of halogens is 1. The molecule has 0 saturated carbocycles. The summed E-state index contributed by atoms with van der Waals surface area (Å²) in [6, 6.07) is 9.70. The number of aromatic nitrogens is 1. The van der Waals surface area contributed by atoms with Gasteiger partial charge in [0.05, 0.1) is 10.5 Å². The van der Waals surface area contributed by atoms with Gasteiger partial charge in [-0.05, 0) is 30.4 Å². The van der Waals surface area contributed by atoms with Crippen molar-refractivity contribution in [3.05, 3.63) is 59.8 Å². The van der Waals surface area contributed by atoms with Crippen LogP contribution in [-0.4, -0.2) is 11.1 Å². The number of fused-ring (bicyclic) bond motifs is 1. The van der Waals surface area contributed by atoms with Crippen LogP contribution in [-0.2, 0) is 0 Å². The number of nitrogens with two attached hydrogens (primary N) is 1. The highest BCUT2D eigenvalue weighted by molar-refractivity contribution is 6.35. The Balaban J connectivity index is 2.11. The number of para-hydroxylation sites is 1. The Morgan fingerprint density at radius 3 is 2.89 bits per heavy atom. The minimum atomic E-state index is -0.192. The van der Waals surface area contributed by atoms with Gasteiger partial charge < -0.3 is 10.6 Å². The molecule has 1 atom stereocenters. The lowest BCUT2D eigenvalue weighted by Gasteiger charge is -2.26. The van der Waals surface area contributed by atoms with Crippen LogP contribution in [0.2, 0.25) is 5.02 Å². The summed E-state index contributed by atoms with van der Waals surface area (Å²) in [5.41, 5.74) is 6.81. The molecule has 2 heterocycles. The second-order valence-corrected chi connectivity index (χ2v) is 4.51. The average molecular weight is 258 g/mol. The molecule has 1 aliphatic heterocycles. The molecule has 2 N–H and O–H groups in total. The lowest BCUT2D eigenvalue weighted by molar-refractivity contribution is 0.799. The van der Waals surface area contributed by atoms with E-state index in [1.165, 1.54) is 0 Å². The monoisotopic (exact) mass is 257 g/mol. The topological polar surface area (TPSA) is 42.1 Å². The summed E-state index contributed by atoms with van der Waals surface area (Å²) in [5.74, 6) is 0.795. The van der Waals surface area contributed by atoms with Gasteiger partial charge in [-0.25, -0.2) is 4.98 Å². The third-order valence-corrected chi connectivity index (χ3v) is 3.21. The molecular formula is C14H12ClN3. The molecule has 4 heteroatoms. The lowest BCUT2D eigenvalue weighted by Crippen LogP contribution is -2.38. The second kappa shape index (κ2) is 4.44. The third kappa shape index (κ3) is 1.88. The molecule has 0 bridgehead atoms. The molecule has 0 saturated heterocycles. The normalized spacial score (nSPS) is 18.6. The van der Waals surface area contributed by atoms with Crippen molar-refractivity contribution in [2.45, 2.75) is 6.17 Å². The van der Waals surface area contributed by atoms with Gasteiger partial charge in [0.25, 0.3) is 0 Å². The van der Waals surface area contributed by atoms with Crippen LogP contribution in [0.5, 0.6) is 0 Å². The van der Waals surface area contributed by atoms with Gasteiger partial charge in [0.15, 0.2) is 0 Å². The van der Waals surface area contributed by atoms with Crippen molar-refractivity contribution < 1.29 is 0 Å². The molecule has 0 fully saturated rings. The number of pyridine rings is 1. The van der Waals surface area contributed by atoms with E-state index in [1.807, 2.05) is 59.7 Å². The van der Waals surface area contributed by atoms with Gasteiger partial charge in [0.1, 0.15) is 12.0 Å². The average Bonchev–Trinajstić information content (AvgIpc) is 2.40. The van der Waals surface area contributed by atoms with Crippen molar-refractivity contribution in [3.63, 3.8) is 0 Å². The van der Waals surface area contributed by atoms with E-state index in [-0.39, 0.29) is 6.17 Å². The SMILES string of the molecule is NC1C=CC=CN1c1ccc2cccc(Cl)c2n1. The summed E-state index contributed by atoms with van der Waals surface area (Å²) in [4.78, 5) is 6.48. The molecule has 0 amide bonds. The van der Waals surface area contributed by atoms with Crippen molar-refractivity contribution in [1.82, 2.24) is 4.98 Å². The van der Waals surface area contributed by atoms with E-state index in [0.29, 0.717) is 5.02 Å². The van der Waals surface area contributed by atoms with E-state index in [9.17, 15) is 0 Å². The van der Waals surface area contributed by atoms with Crippen LogP contribution < -0.4 is 10.6 Å². The summed E-state index contributed by atoms with van der Waals surface area (Å²) in [6.07, 6.45) is 7.49. The predicted octanol–water partition coefficient (Wildman–Crippen LogP) is 3.06. The molecule has 0 aliphatic carbocycles. The van der Waals surface area contributed by atoms with E-state index in [2.05, 4.69) is 4.98 Å². The molecule has 2 aromatic rings. The summed E-state index contributed by atoms with van der Waals surface area (Å²) >= 11 is 6.16. The molecule has 3 rings (SSSR count). The minimum Gasteiger partial charge on any atom is -0.314 e. The predicted molar refractivity (Wildman–Crippen MR) is 75.5 cm³/mol. The van der Waals surface area contributed by atoms with E-state index >= 15 is 0 Å². The van der Waals surface area contributed by atoms with Crippen LogP contribution in [0.3, 0.4) is 0 Å². The maximum Gasteiger partial charge on any atom is 0.134 e. The molecule has 1 aromatic carbocycles. The molecule has 1 unspecified atom stereocenters. The minimum absolute atomic E-state index is 0.192. The maximum absolute atomic E-state index is 6.16. The number of nitrogens with zero attached hydrogens (tertiary/aromatic N) is 2. The second-order valence-electron chi connectivity index (χ2n) is 4.11. The Labute approximate surface area is 110 Å². The molecule has 1 aromatic heterocycles. The van der Waals surface area contributed by atoms with E-state index in [4.69, 9.17) is 17.3 Å². The molecule has 0 spiro atoms. The van der Waals surface area contributed by atoms with Gasteiger partial charge in [-0.3, -0.25) is 0 Å². The molecule has 3 nitrogen and oxygen atoms in total. The molecular weight excluding hydrogens is 246 g/mol. The Bertz CT molecular complexity index is 649. The first-order chi connectivity index (χ1) is 8.75. The number of anilines is 1. The number of hydrogen-bond acceptors (Lipinski definition) is 3. The third-order valence-electron chi connectivity index (χ3n) is 2.91. The van der Waals surface area contributed by atoms with Crippen LogP contribution in [0.25, 0.3) is 10.9 Å². The van der Waals surface area contributed by atoms with Gasteiger partial charge in [0, 0.05) is 11.6 Å². The number of hydrogen-bond donors (Lipinski definition) is 1. The van der Waals surface area contributed by atoms with E-state index in [1.54, 1.807) is 0 Å². The fourth-order valence-corrected chi connectivity index (χ4v) is 2.21. The van der Waals surface area contributed by atoms with Crippen LogP contribution >= 0.6 is 11.6 Å². The number of rotatable bonds is 1. The summed E-state index contributed by atoms with van der Waals surface area (Å²) in [7, 11) is 0. The van der Waals surface area contributed by atoms with Crippen molar-refractivity contribution in [2.24, 2.45) is 5.73 Å². The van der Waals surface area contributed by atoms with Gasteiger partial charge in [0.2, 0.25) is 0 Å². The standard InChI is InChI=1S/C14H12ClN3/c15-11-5-3-4-10-7-8-13(17-14(10)11)18-9-2-1-6-12(18)16/h1-9,12H,16H2. The number of allylic oxidation sites excluding steroid dienone is 2.